The molecule has 0 bridgehead atoms. The summed E-state index contributed by atoms with van der Waals surface area (Å²) in [6.45, 7) is 4.34. The zero-order chi connectivity index (χ0) is 23.9. The summed E-state index contributed by atoms with van der Waals surface area (Å²) in [5.41, 5.74) is 1.96. The lowest BCUT2D eigenvalue weighted by Crippen LogP contribution is -2.41. The number of halogens is 1. The molecule has 9 nitrogen and oxygen atoms in total. The quantitative estimate of drug-likeness (QED) is 0.571. The van der Waals surface area contributed by atoms with Gasteiger partial charge in [-0.2, -0.15) is 5.10 Å². The molecule has 0 spiro atoms. The highest BCUT2D eigenvalue weighted by molar-refractivity contribution is 7.91. The Morgan fingerprint density at radius 2 is 2.06 bits per heavy atom. The molecule has 0 radical (unpaired) electrons. The lowest BCUT2D eigenvalue weighted by atomic mass is 10.0. The van der Waals surface area contributed by atoms with E-state index in [0.717, 1.165) is 32.5 Å². The molecule has 1 aromatic heterocycles. The van der Waals surface area contributed by atoms with Crippen molar-refractivity contribution in [1.82, 2.24) is 19.6 Å². The van der Waals surface area contributed by atoms with E-state index in [1.54, 1.807) is 23.1 Å². The lowest BCUT2D eigenvalue weighted by molar-refractivity contribution is 0.0297. The summed E-state index contributed by atoms with van der Waals surface area (Å²) in [5.74, 6) is 0.333. The normalized spacial score (nSPS) is 22.2. The molecule has 0 aliphatic carbocycles. The molecule has 2 fully saturated rings. The molecule has 5 rings (SSSR count). The summed E-state index contributed by atoms with van der Waals surface area (Å²) in [5, 5.41) is 4.82. The second-order valence-electron chi connectivity index (χ2n) is 8.91. The second-order valence-corrected chi connectivity index (χ2v) is 11.2. The molecule has 3 aliphatic rings. The highest BCUT2D eigenvalue weighted by atomic mass is 35.5. The van der Waals surface area contributed by atoms with Crippen molar-refractivity contribution in [3.8, 4) is 17.0 Å². The number of hydrogen-bond acceptors (Lipinski definition) is 7. The highest BCUT2D eigenvalue weighted by Crippen LogP contribution is 2.45. The highest BCUT2D eigenvalue weighted by Gasteiger charge is 2.40. The van der Waals surface area contributed by atoms with Crippen molar-refractivity contribution in [2.24, 2.45) is 0 Å². The van der Waals surface area contributed by atoms with E-state index in [-0.39, 0.29) is 28.3 Å². The number of ether oxygens (including phenoxy) is 2. The van der Waals surface area contributed by atoms with Gasteiger partial charge in [-0.1, -0.05) is 12.1 Å². The Morgan fingerprint density at radius 1 is 1.26 bits per heavy atom. The van der Waals surface area contributed by atoms with E-state index in [1.165, 1.54) is 7.11 Å². The maximum atomic E-state index is 13.5. The summed E-state index contributed by atoms with van der Waals surface area (Å²) in [6, 6.07) is 5.24. The van der Waals surface area contributed by atoms with Crippen LogP contribution in [-0.2, 0) is 20.3 Å². The van der Waals surface area contributed by atoms with Gasteiger partial charge in [-0.05, 0) is 25.5 Å². The largest absolute Gasteiger partial charge is 0.495 e. The van der Waals surface area contributed by atoms with Crippen molar-refractivity contribution < 1.29 is 22.7 Å². The van der Waals surface area contributed by atoms with Gasteiger partial charge < -0.3 is 19.3 Å². The van der Waals surface area contributed by atoms with Crippen molar-refractivity contribution >= 4 is 27.3 Å². The fourth-order valence-corrected chi connectivity index (χ4v) is 7.24. The van der Waals surface area contributed by atoms with Crippen LogP contribution in [0.2, 0.25) is 0 Å². The predicted octanol–water partition coefficient (Wildman–Crippen LogP) is 2.19. The molecule has 11 heteroatoms. The smallest absolute Gasteiger partial charge is 0.274 e. The van der Waals surface area contributed by atoms with Gasteiger partial charge in [0.2, 0.25) is 0 Å². The number of rotatable bonds is 5. The molecule has 184 valence electrons. The first-order chi connectivity index (χ1) is 16.4. The number of morpholine rings is 1. The number of likely N-dealkylation sites (tertiary alicyclic amines) is 1. The van der Waals surface area contributed by atoms with Gasteiger partial charge in [0.25, 0.3) is 5.91 Å². The summed E-state index contributed by atoms with van der Waals surface area (Å²) >= 11 is 6.00. The summed E-state index contributed by atoms with van der Waals surface area (Å²) in [4.78, 5) is 17.7. The number of sulfone groups is 1. The number of nitrogens with zero attached hydrogens (tertiary/aromatic N) is 4. The number of carbonyl (C=O) groups is 1. The van der Waals surface area contributed by atoms with Crippen LogP contribution < -0.4 is 4.74 Å². The van der Waals surface area contributed by atoms with Gasteiger partial charge in [-0.3, -0.25) is 9.48 Å². The van der Waals surface area contributed by atoms with Gasteiger partial charge in [0.05, 0.1) is 37.8 Å². The summed E-state index contributed by atoms with van der Waals surface area (Å²) < 4.78 is 39.5. The maximum absolute atomic E-state index is 13.5. The third-order valence-electron chi connectivity index (χ3n) is 6.84. The summed E-state index contributed by atoms with van der Waals surface area (Å²) in [7, 11) is -2.25. The predicted molar refractivity (Wildman–Crippen MR) is 127 cm³/mol. The Morgan fingerprint density at radius 3 is 2.79 bits per heavy atom. The summed E-state index contributed by atoms with van der Waals surface area (Å²) in [6.07, 6.45) is 1.87. The van der Waals surface area contributed by atoms with Gasteiger partial charge in [-0.25, -0.2) is 8.42 Å². The number of benzene rings is 1. The van der Waals surface area contributed by atoms with Crippen LogP contribution in [0.4, 0.5) is 0 Å². The third-order valence-corrected chi connectivity index (χ3v) is 8.72. The minimum absolute atomic E-state index is 0.0109. The van der Waals surface area contributed by atoms with Crippen LogP contribution in [-0.4, -0.2) is 92.8 Å². The molecular formula is C23H29ClN4O5S. The molecule has 0 saturated carbocycles. The lowest BCUT2D eigenvalue weighted by Gasteiger charge is -2.33. The van der Waals surface area contributed by atoms with Gasteiger partial charge >= 0.3 is 0 Å². The van der Waals surface area contributed by atoms with Gasteiger partial charge in [-0.15, -0.1) is 11.6 Å². The average molecular weight is 509 g/mol. The van der Waals surface area contributed by atoms with E-state index in [2.05, 4.69) is 4.90 Å². The van der Waals surface area contributed by atoms with Crippen LogP contribution in [0.1, 0.15) is 34.9 Å². The number of amides is 1. The first-order valence-corrected chi connectivity index (χ1v) is 13.8. The fraction of sp³-hybridized carbons (Fsp3) is 0.565. The molecule has 0 N–H and O–H groups in total. The number of hydrogen-bond donors (Lipinski definition) is 0. The Kier molecular flexibility index (Phi) is 6.58. The Bertz CT molecular complexity index is 1190. The number of carbonyl (C=O) groups excluding carboxylic acids is 1. The van der Waals surface area contributed by atoms with Crippen molar-refractivity contribution in [1.29, 1.82) is 0 Å². The molecule has 2 saturated heterocycles. The van der Waals surface area contributed by atoms with E-state index in [1.807, 2.05) is 4.68 Å². The van der Waals surface area contributed by atoms with E-state index in [9.17, 15) is 13.2 Å². The van der Waals surface area contributed by atoms with E-state index in [0.29, 0.717) is 54.8 Å². The average Bonchev–Trinajstić information content (AvgIpc) is 3.22. The SMILES string of the molecule is COc1cccc2c1S(=O)(=O)Cc1c(C(=O)N3CCOCC3)nn([C@H]3CCCN(CCCl)C3)c1-2. The molecule has 1 aromatic carbocycles. The van der Waals surface area contributed by atoms with E-state index in [4.69, 9.17) is 26.2 Å². The Hall–Kier alpha value is -2.14. The van der Waals surface area contributed by atoms with Gasteiger partial charge in [0.15, 0.2) is 15.5 Å². The molecular weight excluding hydrogens is 480 g/mol. The zero-order valence-electron chi connectivity index (χ0n) is 19.2. The molecule has 3 aliphatic heterocycles. The minimum atomic E-state index is -3.72. The zero-order valence-corrected chi connectivity index (χ0v) is 20.8. The molecule has 1 amide bonds. The van der Waals surface area contributed by atoms with Crippen molar-refractivity contribution in [3.63, 3.8) is 0 Å². The van der Waals surface area contributed by atoms with Crippen LogP contribution in [0.5, 0.6) is 5.75 Å². The number of fused-ring (bicyclic) bond motifs is 3. The monoisotopic (exact) mass is 508 g/mol. The molecule has 0 unspecified atom stereocenters. The number of alkyl halides is 1. The van der Waals surface area contributed by atoms with Crippen LogP contribution in [0.15, 0.2) is 23.1 Å². The van der Waals surface area contributed by atoms with Crippen LogP contribution in [0, 0.1) is 0 Å². The Labute approximate surface area is 204 Å². The van der Waals surface area contributed by atoms with E-state index < -0.39 is 9.84 Å². The first kappa shape index (κ1) is 23.6. The van der Waals surface area contributed by atoms with Gasteiger partial charge in [0, 0.05) is 43.2 Å². The standard InChI is InChI=1S/C23H29ClN4O5S/c1-32-19-6-2-5-17-21-18(15-34(30,31)22(17)19)20(23(29)27-10-12-33-13-11-27)25-28(21)16-4-3-8-26(14-16)9-7-24/h2,5-6,16H,3-4,7-15H2,1H3/t16-/m0/s1. The number of aromatic nitrogens is 2. The third kappa shape index (κ3) is 4.10. The van der Waals surface area contributed by atoms with E-state index >= 15 is 0 Å². The van der Waals surface area contributed by atoms with Crippen LogP contribution in [0.3, 0.4) is 0 Å². The van der Waals surface area contributed by atoms with Crippen molar-refractivity contribution in [2.45, 2.75) is 29.5 Å². The maximum Gasteiger partial charge on any atom is 0.274 e. The second kappa shape index (κ2) is 9.49. The number of piperidine rings is 1. The fourth-order valence-electron chi connectivity index (χ4n) is 5.24. The molecule has 2 aromatic rings. The molecule has 1 atom stereocenters. The molecule has 4 heterocycles. The molecule has 34 heavy (non-hydrogen) atoms. The van der Waals surface area contributed by atoms with Crippen LogP contribution in [0.25, 0.3) is 11.3 Å². The van der Waals surface area contributed by atoms with Crippen molar-refractivity contribution in [2.75, 3.05) is 58.9 Å². The first-order valence-electron chi connectivity index (χ1n) is 11.6. The van der Waals surface area contributed by atoms with Crippen molar-refractivity contribution in [3.05, 3.63) is 29.5 Å². The van der Waals surface area contributed by atoms with Gasteiger partial charge in [0.1, 0.15) is 10.6 Å². The number of methoxy groups -OCH3 is 1. The topological polar surface area (TPSA) is 94.0 Å². The Balaban J connectivity index is 1.67. The van der Waals surface area contributed by atoms with Crippen LogP contribution >= 0.6 is 11.6 Å². The minimum Gasteiger partial charge on any atom is -0.495 e.